The molecule has 1 saturated heterocycles. The van der Waals surface area contributed by atoms with Crippen molar-refractivity contribution in [2.75, 3.05) is 25.1 Å². The molecule has 0 saturated carbocycles. The number of hydrogen-bond acceptors (Lipinski definition) is 4. The standard InChI is InChI=1S/C14H19FN2O2/c1-19-14(18)7-10-6-12(16)9-17(8-10)13-4-2-11(15)3-5-13/h2-5,10,12H,6-9,16H2,1H3. The minimum Gasteiger partial charge on any atom is -0.469 e. The highest BCUT2D eigenvalue weighted by Crippen LogP contribution is 2.25. The largest absolute Gasteiger partial charge is 0.469 e. The molecule has 104 valence electrons. The Labute approximate surface area is 112 Å². The van der Waals surface area contributed by atoms with Crippen molar-refractivity contribution >= 4 is 11.7 Å². The van der Waals surface area contributed by atoms with Crippen molar-refractivity contribution in [2.24, 2.45) is 11.7 Å². The Morgan fingerprint density at radius 1 is 1.42 bits per heavy atom. The van der Waals surface area contributed by atoms with Crippen LogP contribution in [0.15, 0.2) is 24.3 Å². The molecule has 2 N–H and O–H groups in total. The predicted octanol–water partition coefficient (Wildman–Crippen LogP) is 1.54. The summed E-state index contributed by atoms with van der Waals surface area (Å²) >= 11 is 0. The topological polar surface area (TPSA) is 55.6 Å². The number of ether oxygens (including phenoxy) is 1. The highest BCUT2D eigenvalue weighted by atomic mass is 19.1. The SMILES string of the molecule is COC(=O)CC1CC(N)CN(c2ccc(F)cc2)C1. The molecule has 4 nitrogen and oxygen atoms in total. The molecule has 0 aromatic heterocycles. The maximum atomic E-state index is 12.9. The molecule has 2 atom stereocenters. The number of halogens is 1. The Kier molecular flexibility index (Phi) is 4.37. The molecule has 1 aliphatic rings. The van der Waals surface area contributed by atoms with Gasteiger partial charge >= 0.3 is 5.97 Å². The monoisotopic (exact) mass is 266 g/mol. The Morgan fingerprint density at radius 3 is 2.74 bits per heavy atom. The lowest BCUT2D eigenvalue weighted by Crippen LogP contribution is -2.47. The van der Waals surface area contributed by atoms with Gasteiger partial charge in [0.1, 0.15) is 5.82 Å². The molecule has 1 aromatic carbocycles. The highest BCUT2D eigenvalue weighted by Gasteiger charge is 2.27. The summed E-state index contributed by atoms with van der Waals surface area (Å²) in [5.74, 6) is -0.282. The van der Waals surface area contributed by atoms with Crippen molar-refractivity contribution < 1.29 is 13.9 Å². The second kappa shape index (κ2) is 6.02. The number of nitrogens with two attached hydrogens (primary N) is 1. The molecular formula is C14H19FN2O2. The van der Waals surface area contributed by atoms with Crippen LogP contribution in [0, 0.1) is 11.7 Å². The molecule has 1 fully saturated rings. The molecular weight excluding hydrogens is 247 g/mol. The Balaban J connectivity index is 2.05. The van der Waals surface area contributed by atoms with Crippen molar-refractivity contribution in [1.29, 1.82) is 0 Å². The quantitative estimate of drug-likeness (QED) is 0.843. The number of hydrogen-bond donors (Lipinski definition) is 1. The van der Waals surface area contributed by atoms with Crippen LogP contribution >= 0.6 is 0 Å². The minimum atomic E-state index is -0.254. The summed E-state index contributed by atoms with van der Waals surface area (Å²) in [7, 11) is 1.39. The van der Waals surface area contributed by atoms with Crippen LogP contribution < -0.4 is 10.6 Å². The van der Waals surface area contributed by atoms with Crippen molar-refractivity contribution in [3.05, 3.63) is 30.1 Å². The van der Waals surface area contributed by atoms with Gasteiger partial charge in [-0.1, -0.05) is 0 Å². The van der Waals surface area contributed by atoms with E-state index in [-0.39, 0.29) is 23.7 Å². The van der Waals surface area contributed by atoms with E-state index in [9.17, 15) is 9.18 Å². The van der Waals surface area contributed by atoms with Gasteiger partial charge in [-0.2, -0.15) is 0 Å². The number of anilines is 1. The van der Waals surface area contributed by atoms with Gasteiger partial charge in [0.15, 0.2) is 0 Å². The second-order valence-electron chi connectivity index (χ2n) is 5.02. The summed E-state index contributed by atoms with van der Waals surface area (Å²) in [4.78, 5) is 13.4. The average molecular weight is 266 g/mol. The number of rotatable bonds is 3. The zero-order valence-corrected chi connectivity index (χ0v) is 11.0. The smallest absolute Gasteiger partial charge is 0.305 e. The lowest BCUT2D eigenvalue weighted by molar-refractivity contribution is -0.141. The molecule has 2 unspecified atom stereocenters. The first-order valence-corrected chi connectivity index (χ1v) is 6.41. The van der Waals surface area contributed by atoms with Gasteiger partial charge in [-0.15, -0.1) is 0 Å². The van der Waals surface area contributed by atoms with Crippen LogP contribution in [0.1, 0.15) is 12.8 Å². The van der Waals surface area contributed by atoms with E-state index in [2.05, 4.69) is 4.90 Å². The van der Waals surface area contributed by atoms with Gasteiger partial charge in [0.2, 0.25) is 0 Å². The van der Waals surface area contributed by atoms with Crippen molar-refractivity contribution in [3.63, 3.8) is 0 Å². The molecule has 0 radical (unpaired) electrons. The zero-order chi connectivity index (χ0) is 13.8. The van der Waals surface area contributed by atoms with E-state index < -0.39 is 0 Å². The Morgan fingerprint density at radius 2 is 2.11 bits per heavy atom. The second-order valence-corrected chi connectivity index (χ2v) is 5.02. The molecule has 0 bridgehead atoms. The first-order chi connectivity index (χ1) is 9.08. The summed E-state index contributed by atoms with van der Waals surface area (Å²) < 4.78 is 17.6. The number of esters is 1. The minimum absolute atomic E-state index is 0.0217. The molecule has 0 amide bonds. The van der Waals surface area contributed by atoms with Crippen LogP contribution in [0.2, 0.25) is 0 Å². The number of carbonyl (C=O) groups is 1. The lowest BCUT2D eigenvalue weighted by Gasteiger charge is -2.37. The summed E-state index contributed by atoms with van der Waals surface area (Å²) in [6.45, 7) is 1.47. The molecule has 5 heteroatoms. The van der Waals surface area contributed by atoms with Gasteiger partial charge in [-0.3, -0.25) is 4.79 Å². The molecule has 1 aliphatic heterocycles. The lowest BCUT2D eigenvalue weighted by atomic mass is 9.91. The Bertz CT molecular complexity index is 436. The van der Waals surface area contributed by atoms with Crippen LogP contribution in [0.3, 0.4) is 0 Å². The van der Waals surface area contributed by atoms with Crippen LogP contribution in [0.5, 0.6) is 0 Å². The summed E-state index contributed by atoms with van der Waals surface area (Å²) in [6, 6.07) is 6.37. The molecule has 0 spiro atoms. The van der Waals surface area contributed by atoms with E-state index in [1.165, 1.54) is 19.2 Å². The van der Waals surface area contributed by atoms with E-state index in [1.54, 1.807) is 12.1 Å². The number of carbonyl (C=O) groups excluding carboxylic acids is 1. The van der Waals surface area contributed by atoms with Gasteiger partial charge in [0.05, 0.1) is 13.5 Å². The van der Waals surface area contributed by atoms with Gasteiger partial charge in [-0.25, -0.2) is 4.39 Å². The number of nitrogens with zero attached hydrogens (tertiary/aromatic N) is 1. The van der Waals surface area contributed by atoms with Crippen LogP contribution in [-0.2, 0) is 9.53 Å². The normalized spacial score (nSPS) is 23.2. The fourth-order valence-corrected chi connectivity index (χ4v) is 2.58. The fourth-order valence-electron chi connectivity index (χ4n) is 2.58. The van der Waals surface area contributed by atoms with Crippen molar-refractivity contribution in [1.82, 2.24) is 0 Å². The molecule has 0 aliphatic carbocycles. The average Bonchev–Trinajstić information content (AvgIpc) is 2.38. The molecule has 2 rings (SSSR count). The van der Waals surface area contributed by atoms with E-state index in [1.807, 2.05) is 0 Å². The zero-order valence-electron chi connectivity index (χ0n) is 11.0. The summed E-state index contributed by atoms with van der Waals surface area (Å²) in [5, 5.41) is 0. The van der Waals surface area contributed by atoms with E-state index in [0.29, 0.717) is 6.42 Å². The van der Waals surface area contributed by atoms with Gasteiger partial charge in [0, 0.05) is 24.8 Å². The maximum Gasteiger partial charge on any atom is 0.305 e. The van der Waals surface area contributed by atoms with E-state index >= 15 is 0 Å². The van der Waals surface area contributed by atoms with Crippen LogP contribution in [-0.4, -0.2) is 32.2 Å². The fraction of sp³-hybridized carbons (Fsp3) is 0.500. The Hall–Kier alpha value is -1.62. The summed E-state index contributed by atoms with van der Waals surface area (Å²) in [5.41, 5.74) is 6.97. The van der Waals surface area contributed by atoms with E-state index in [4.69, 9.17) is 10.5 Å². The highest BCUT2D eigenvalue weighted by molar-refractivity contribution is 5.69. The molecule has 1 heterocycles. The first kappa shape index (κ1) is 13.8. The number of piperidine rings is 1. The maximum absolute atomic E-state index is 12.9. The number of benzene rings is 1. The van der Waals surface area contributed by atoms with Gasteiger partial charge in [-0.05, 0) is 36.6 Å². The molecule has 1 aromatic rings. The van der Waals surface area contributed by atoms with Crippen molar-refractivity contribution in [3.8, 4) is 0 Å². The first-order valence-electron chi connectivity index (χ1n) is 6.41. The van der Waals surface area contributed by atoms with E-state index in [0.717, 1.165) is 25.2 Å². The third-order valence-electron chi connectivity index (χ3n) is 3.44. The van der Waals surface area contributed by atoms with Gasteiger partial charge < -0.3 is 15.4 Å². The third-order valence-corrected chi connectivity index (χ3v) is 3.44. The molecule has 19 heavy (non-hydrogen) atoms. The summed E-state index contributed by atoms with van der Waals surface area (Å²) in [6.07, 6.45) is 1.19. The van der Waals surface area contributed by atoms with Crippen molar-refractivity contribution in [2.45, 2.75) is 18.9 Å². The van der Waals surface area contributed by atoms with Crippen LogP contribution in [0.25, 0.3) is 0 Å². The van der Waals surface area contributed by atoms with Crippen LogP contribution in [0.4, 0.5) is 10.1 Å². The number of methoxy groups -OCH3 is 1. The van der Waals surface area contributed by atoms with Gasteiger partial charge in [0.25, 0.3) is 0 Å². The predicted molar refractivity (Wildman–Crippen MR) is 71.3 cm³/mol. The third kappa shape index (κ3) is 3.67.